The summed E-state index contributed by atoms with van der Waals surface area (Å²) in [7, 11) is 0. The number of hydrogen-bond donors (Lipinski definition) is 1. The molecule has 0 unspecified atom stereocenters. The van der Waals surface area contributed by atoms with Crippen molar-refractivity contribution in [2.75, 3.05) is 5.73 Å². The van der Waals surface area contributed by atoms with Crippen LogP contribution in [-0.2, 0) is 11.2 Å². The van der Waals surface area contributed by atoms with Crippen LogP contribution in [0.25, 0.3) is 22.3 Å². The van der Waals surface area contributed by atoms with Gasteiger partial charge in [-0.3, -0.25) is 0 Å². The highest BCUT2D eigenvalue weighted by Crippen LogP contribution is 2.23. The number of nitrogen functional groups attached to an aromatic ring is 1. The van der Waals surface area contributed by atoms with Crippen molar-refractivity contribution in [3.05, 3.63) is 66.1 Å². The van der Waals surface area contributed by atoms with Crippen molar-refractivity contribution >= 4 is 23.1 Å². The fraction of sp³-hybridized carbons (Fsp3) is 0.227. The minimum atomic E-state index is -0.603. The van der Waals surface area contributed by atoms with Gasteiger partial charge in [0.25, 0.3) is 0 Å². The van der Waals surface area contributed by atoms with E-state index in [-0.39, 0.29) is 5.95 Å². The molecule has 0 saturated heterocycles. The number of carbonyl (C=O) groups is 1. The van der Waals surface area contributed by atoms with E-state index in [0.717, 1.165) is 15.9 Å². The molecule has 4 aromatic rings. The Morgan fingerprint density at radius 1 is 1.07 bits per heavy atom. The predicted molar refractivity (Wildman–Crippen MR) is 114 cm³/mol. The lowest BCUT2D eigenvalue weighted by atomic mass is 10.1. The summed E-state index contributed by atoms with van der Waals surface area (Å²) < 4.78 is 6.51. The minimum absolute atomic E-state index is 0.209. The Morgan fingerprint density at radius 2 is 1.83 bits per heavy atom. The first-order valence-corrected chi connectivity index (χ1v) is 9.54. The molecule has 8 heteroatoms. The van der Waals surface area contributed by atoms with Gasteiger partial charge in [-0.1, -0.05) is 30.3 Å². The molecule has 0 fully saturated rings. The average molecular weight is 402 g/mol. The van der Waals surface area contributed by atoms with E-state index in [9.17, 15) is 4.79 Å². The van der Waals surface area contributed by atoms with Gasteiger partial charge in [0.2, 0.25) is 5.95 Å². The fourth-order valence-electron chi connectivity index (χ4n) is 3.03. The topological polar surface area (TPSA) is 109 Å². The number of fused-ring (bicyclic) bond motifs is 1. The summed E-state index contributed by atoms with van der Waals surface area (Å²) in [5.41, 5.74) is 9.80. The third-order valence-corrected chi connectivity index (χ3v) is 4.31. The van der Waals surface area contributed by atoms with Crippen molar-refractivity contribution in [1.82, 2.24) is 24.7 Å². The molecule has 3 aromatic heterocycles. The zero-order valence-electron chi connectivity index (χ0n) is 17.0. The number of ether oxygens (including phenoxy) is 1. The first-order valence-electron chi connectivity index (χ1n) is 9.54. The van der Waals surface area contributed by atoms with E-state index < -0.39 is 11.7 Å². The largest absolute Gasteiger partial charge is 0.442 e. The molecular weight excluding hydrogens is 380 g/mol. The molecule has 30 heavy (non-hydrogen) atoms. The van der Waals surface area contributed by atoms with Crippen molar-refractivity contribution < 1.29 is 9.53 Å². The summed E-state index contributed by atoms with van der Waals surface area (Å²) in [4.78, 5) is 25.7. The molecule has 152 valence electrons. The number of carbonyl (C=O) groups excluding carboxylic acids is 1. The Labute approximate surface area is 173 Å². The van der Waals surface area contributed by atoms with E-state index in [2.05, 4.69) is 15.1 Å². The highest BCUT2D eigenvalue weighted by atomic mass is 16.6. The molecule has 2 N–H and O–H groups in total. The number of pyridine rings is 1. The van der Waals surface area contributed by atoms with E-state index in [4.69, 9.17) is 15.5 Å². The molecule has 3 heterocycles. The molecule has 1 aromatic carbocycles. The van der Waals surface area contributed by atoms with Gasteiger partial charge in [-0.25, -0.2) is 19.7 Å². The molecule has 0 aliphatic rings. The molecule has 0 aliphatic heterocycles. The molecule has 0 atom stereocenters. The standard InChI is InChI=1S/C22H22N6O2/c1-22(2,3)30-21(29)28-13-15(12-24-28)16-9-10-17-19(25-16)18(27-20(23)26-17)11-14-7-5-4-6-8-14/h4-10,12-13H,11H2,1-3H3,(H2,23,26,27). The smallest absolute Gasteiger partial charge is 0.435 e. The summed E-state index contributed by atoms with van der Waals surface area (Å²) >= 11 is 0. The van der Waals surface area contributed by atoms with Crippen molar-refractivity contribution in [2.45, 2.75) is 32.8 Å². The summed E-state index contributed by atoms with van der Waals surface area (Å²) in [5, 5.41) is 4.11. The van der Waals surface area contributed by atoms with Crippen LogP contribution in [0, 0.1) is 0 Å². The minimum Gasteiger partial charge on any atom is -0.442 e. The second kappa shape index (κ2) is 7.55. The third kappa shape index (κ3) is 4.27. The first-order chi connectivity index (χ1) is 14.3. The lowest BCUT2D eigenvalue weighted by molar-refractivity contribution is 0.0514. The molecule has 0 saturated carbocycles. The molecule has 0 aliphatic carbocycles. The highest BCUT2D eigenvalue weighted by molar-refractivity contribution is 5.81. The number of rotatable bonds is 3. The molecule has 0 amide bonds. The van der Waals surface area contributed by atoms with Gasteiger partial charge < -0.3 is 10.5 Å². The van der Waals surface area contributed by atoms with Gasteiger partial charge in [-0.05, 0) is 38.5 Å². The number of hydrogen-bond acceptors (Lipinski definition) is 7. The molecule has 4 rings (SSSR count). The van der Waals surface area contributed by atoms with Crippen molar-refractivity contribution in [2.24, 2.45) is 0 Å². The van der Waals surface area contributed by atoms with Crippen molar-refractivity contribution in [1.29, 1.82) is 0 Å². The van der Waals surface area contributed by atoms with Gasteiger partial charge in [-0.15, -0.1) is 0 Å². The zero-order valence-corrected chi connectivity index (χ0v) is 17.0. The van der Waals surface area contributed by atoms with Crippen LogP contribution in [0.1, 0.15) is 32.0 Å². The SMILES string of the molecule is CC(C)(C)OC(=O)n1cc(-c2ccc3nc(N)nc(Cc4ccccc4)c3n2)cn1. The van der Waals surface area contributed by atoms with Gasteiger partial charge in [0.15, 0.2) is 0 Å². The monoisotopic (exact) mass is 402 g/mol. The highest BCUT2D eigenvalue weighted by Gasteiger charge is 2.19. The van der Waals surface area contributed by atoms with Crippen LogP contribution in [0.2, 0.25) is 0 Å². The maximum atomic E-state index is 12.2. The fourth-order valence-corrected chi connectivity index (χ4v) is 3.03. The quantitative estimate of drug-likeness (QED) is 0.554. The van der Waals surface area contributed by atoms with E-state index in [1.165, 1.54) is 0 Å². The van der Waals surface area contributed by atoms with Crippen LogP contribution < -0.4 is 5.73 Å². The van der Waals surface area contributed by atoms with Gasteiger partial charge in [-0.2, -0.15) is 9.78 Å². The third-order valence-electron chi connectivity index (χ3n) is 4.31. The molecule has 0 bridgehead atoms. The number of anilines is 1. The predicted octanol–water partition coefficient (Wildman–Crippen LogP) is 3.84. The number of nitrogens with zero attached hydrogens (tertiary/aromatic N) is 5. The van der Waals surface area contributed by atoms with Crippen LogP contribution in [-0.4, -0.2) is 36.4 Å². The molecule has 0 radical (unpaired) electrons. The maximum absolute atomic E-state index is 12.2. The molecular formula is C22H22N6O2. The van der Waals surface area contributed by atoms with E-state index in [0.29, 0.717) is 28.7 Å². The van der Waals surface area contributed by atoms with E-state index >= 15 is 0 Å². The van der Waals surface area contributed by atoms with Crippen LogP contribution in [0.3, 0.4) is 0 Å². The first kappa shape index (κ1) is 19.5. The van der Waals surface area contributed by atoms with Gasteiger partial charge in [0.1, 0.15) is 11.1 Å². The van der Waals surface area contributed by atoms with E-state index in [1.807, 2.05) is 42.5 Å². The lowest BCUT2D eigenvalue weighted by Gasteiger charge is -2.18. The van der Waals surface area contributed by atoms with Gasteiger partial charge in [0, 0.05) is 18.2 Å². The summed E-state index contributed by atoms with van der Waals surface area (Å²) in [6.07, 6.45) is 3.21. The number of benzene rings is 1. The van der Waals surface area contributed by atoms with Gasteiger partial charge >= 0.3 is 6.09 Å². The second-order valence-corrected chi connectivity index (χ2v) is 7.91. The number of aromatic nitrogens is 5. The molecule has 0 spiro atoms. The van der Waals surface area contributed by atoms with Crippen LogP contribution in [0.4, 0.5) is 10.7 Å². The Morgan fingerprint density at radius 3 is 2.57 bits per heavy atom. The van der Waals surface area contributed by atoms with Crippen molar-refractivity contribution in [3.8, 4) is 11.3 Å². The summed E-state index contributed by atoms with van der Waals surface area (Å²) in [6, 6.07) is 13.6. The maximum Gasteiger partial charge on any atom is 0.435 e. The average Bonchev–Trinajstić information content (AvgIpc) is 3.18. The Bertz CT molecular complexity index is 1210. The molecule has 8 nitrogen and oxygen atoms in total. The second-order valence-electron chi connectivity index (χ2n) is 7.91. The Hall–Kier alpha value is -3.81. The summed E-state index contributed by atoms with van der Waals surface area (Å²) in [5.74, 6) is 0.209. The lowest BCUT2D eigenvalue weighted by Crippen LogP contribution is -2.27. The summed E-state index contributed by atoms with van der Waals surface area (Å²) in [6.45, 7) is 5.42. The van der Waals surface area contributed by atoms with Crippen LogP contribution in [0.15, 0.2) is 54.9 Å². The zero-order chi connectivity index (χ0) is 21.3. The van der Waals surface area contributed by atoms with E-state index in [1.54, 1.807) is 33.2 Å². The van der Waals surface area contributed by atoms with Crippen molar-refractivity contribution in [3.63, 3.8) is 0 Å². The number of nitrogens with two attached hydrogens (primary N) is 1. The normalized spacial score (nSPS) is 11.6. The Kier molecular flexibility index (Phi) is 4.91. The Balaban J connectivity index is 1.70. The van der Waals surface area contributed by atoms with Gasteiger partial charge in [0.05, 0.1) is 23.1 Å². The van der Waals surface area contributed by atoms with Crippen LogP contribution in [0.5, 0.6) is 0 Å². The van der Waals surface area contributed by atoms with Crippen LogP contribution >= 0.6 is 0 Å².